The molecule has 2 rings (SSSR count). The third-order valence-corrected chi connectivity index (χ3v) is 3.31. The van der Waals surface area contributed by atoms with Crippen molar-refractivity contribution in [3.05, 3.63) is 47.8 Å². The van der Waals surface area contributed by atoms with E-state index in [0.29, 0.717) is 19.0 Å². The van der Waals surface area contributed by atoms with Crippen LogP contribution in [0.15, 0.2) is 35.6 Å². The number of aliphatic imine (C=N–C) groups is 1. The number of nitrogens with zero attached hydrogens (tertiary/aromatic N) is 4. The fourth-order valence-electron chi connectivity index (χ4n) is 2.18. The Kier molecular flexibility index (Phi) is 6.53. The van der Waals surface area contributed by atoms with Crippen molar-refractivity contribution in [1.29, 1.82) is 0 Å². The normalized spacial score (nSPS) is 11.5. The lowest BCUT2D eigenvalue weighted by molar-refractivity contribution is 0.624. The highest BCUT2D eigenvalue weighted by Crippen LogP contribution is 2.04. The van der Waals surface area contributed by atoms with Crippen LogP contribution in [0.4, 0.5) is 4.39 Å². The number of benzene rings is 1. The van der Waals surface area contributed by atoms with Crippen molar-refractivity contribution >= 4 is 5.96 Å². The Morgan fingerprint density at radius 1 is 1.30 bits per heavy atom. The van der Waals surface area contributed by atoms with Gasteiger partial charge in [-0.05, 0) is 24.6 Å². The van der Waals surface area contributed by atoms with Gasteiger partial charge < -0.3 is 15.2 Å². The summed E-state index contributed by atoms with van der Waals surface area (Å²) in [6.07, 6.45) is 2.59. The molecule has 124 valence electrons. The summed E-state index contributed by atoms with van der Waals surface area (Å²) < 4.78 is 15.2. The topological polar surface area (TPSA) is 67.1 Å². The van der Waals surface area contributed by atoms with E-state index in [4.69, 9.17) is 0 Å². The van der Waals surface area contributed by atoms with Gasteiger partial charge in [-0.15, -0.1) is 10.2 Å². The summed E-state index contributed by atoms with van der Waals surface area (Å²) in [5.74, 6) is 1.44. The zero-order valence-electron chi connectivity index (χ0n) is 13.6. The smallest absolute Gasteiger partial charge is 0.191 e. The second kappa shape index (κ2) is 8.87. The van der Waals surface area contributed by atoms with Crippen molar-refractivity contribution in [2.75, 3.05) is 13.1 Å². The van der Waals surface area contributed by atoms with Gasteiger partial charge in [-0.2, -0.15) is 0 Å². The Labute approximate surface area is 135 Å². The van der Waals surface area contributed by atoms with E-state index in [0.717, 1.165) is 30.9 Å². The molecular weight excluding hydrogens is 295 g/mol. The van der Waals surface area contributed by atoms with E-state index in [9.17, 15) is 4.39 Å². The van der Waals surface area contributed by atoms with Crippen LogP contribution in [0, 0.1) is 5.82 Å². The van der Waals surface area contributed by atoms with Crippen LogP contribution in [0.3, 0.4) is 0 Å². The summed E-state index contributed by atoms with van der Waals surface area (Å²) in [5.41, 5.74) is 0.842. The zero-order chi connectivity index (χ0) is 16.5. The molecule has 0 aliphatic rings. The molecule has 0 saturated heterocycles. The van der Waals surface area contributed by atoms with Gasteiger partial charge in [0.1, 0.15) is 18.0 Å². The first-order valence-electron chi connectivity index (χ1n) is 7.86. The van der Waals surface area contributed by atoms with Gasteiger partial charge in [-0.1, -0.05) is 19.1 Å². The first-order chi connectivity index (χ1) is 11.2. The molecule has 0 saturated carbocycles. The third-order valence-electron chi connectivity index (χ3n) is 3.31. The van der Waals surface area contributed by atoms with Crippen LogP contribution >= 0.6 is 0 Å². The van der Waals surface area contributed by atoms with E-state index < -0.39 is 0 Å². The van der Waals surface area contributed by atoms with Gasteiger partial charge >= 0.3 is 0 Å². The fraction of sp³-hybridized carbons (Fsp3) is 0.438. The molecule has 0 spiro atoms. The number of hydrogen-bond donors (Lipinski definition) is 2. The lowest BCUT2D eigenvalue weighted by Gasteiger charge is -2.12. The fourth-order valence-corrected chi connectivity index (χ4v) is 2.18. The molecule has 0 radical (unpaired) electrons. The van der Waals surface area contributed by atoms with Crippen LogP contribution < -0.4 is 10.6 Å². The van der Waals surface area contributed by atoms with E-state index in [1.54, 1.807) is 12.4 Å². The van der Waals surface area contributed by atoms with Crippen molar-refractivity contribution in [3.8, 4) is 0 Å². The van der Waals surface area contributed by atoms with Gasteiger partial charge in [-0.3, -0.25) is 0 Å². The number of aromatic nitrogens is 3. The Balaban J connectivity index is 1.89. The van der Waals surface area contributed by atoms with Gasteiger partial charge in [0.25, 0.3) is 0 Å². The third kappa shape index (κ3) is 5.36. The van der Waals surface area contributed by atoms with E-state index >= 15 is 0 Å². The maximum Gasteiger partial charge on any atom is 0.191 e. The van der Waals surface area contributed by atoms with E-state index in [1.165, 1.54) is 12.1 Å². The van der Waals surface area contributed by atoms with E-state index in [-0.39, 0.29) is 5.82 Å². The molecule has 1 aromatic carbocycles. The van der Waals surface area contributed by atoms with Crippen molar-refractivity contribution < 1.29 is 4.39 Å². The van der Waals surface area contributed by atoms with Crippen LogP contribution in [-0.2, 0) is 19.5 Å². The van der Waals surface area contributed by atoms with Crippen LogP contribution in [0.1, 0.15) is 25.2 Å². The lowest BCUT2D eigenvalue weighted by Crippen LogP contribution is -2.38. The zero-order valence-corrected chi connectivity index (χ0v) is 13.6. The lowest BCUT2D eigenvalue weighted by atomic mass is 10.2. The molecule has 23 heavy (non-hydrogen) atoms. The molecule has 1 heterocycles. The summed E-state index contributed by atoms with van der Waals surface area (Å²) in [7, 11) is 0. The molecule has 0 atom stereocenters. The maximum atomic E-state index is 13.2. The average Bonchev–Trinajstić information content (AvgIpc) is 3.00. The standard InChI is InChI=1S/C16H23FN6/c1-3-15-22-21-12-23(15)9-8-19-16(18-4-2)20-11-13-6-5-7-14(17)10-13/h5-7,10,12H,3-4,8-9,11H2,1-2H3,(H2,18,19,20). The predicted molar refractivity (Wildman–Crippen MR) is 88.6 cm³/mol. The maximum absolute atomic E-state index is 13.2. The second-order valence-electron chi connectivity index (χ2n) is 5.05. The van der Waals surface area contributed by atoms with Crippen molar-refractivity contribution in [2.45, 2.75) is 33.4 Å². The van der Waals surface area contributed by atoms with Crippen molar-refractivity contribution in [2.24, 2.45) is 4.99 Å². The minimum atomic E-state index is -0.240. The highest BCUT2D eigenvalue weighted by Gasteiger charge is 2.02. The summed E-state index contributed by atoms with van der Waals surface area (Å²) in [5, 5.41) is 14.4. The van der Waals surface area contributed by atoms with Crippen molar-refractivity contribution in [3.63, 3.8) is 0 Å². The number of hydrogen-bond acceptors (Lipinski definition) is 3. The molecule has 0 bridgehead atoms. The minimum absolute atomic E-state index is 0.240. The quantitative estimate of drug-likeness (QED) is 0.603. The highest BCUT2D eigenvalue weighted by molar-refractivity contribution is 5.79. The molecule has 0 fully saturated rings. The number of halogens is 1. The number of guanidine groups is 1. The van der Waals surface area contributed by atoms with Gasteiger partial charge in [0.15, 0.2) is 5.96 Å². The molecule has 7 heteroatoms. The Hall–Kier alpha value is -2.44. The Bertz CT molecular complexity index is 637. The molecule has 6 nitrogen and oxygen atoms in total. The average molecular weight is 318 g/mol. The number of rotatable bonds is 7. The molecule has 0 unspecified atom stereocenters. The predicted octanol–water partition coefficient (Wildman–Crippen LogP) is 1.73. The summed E-state index contributed by atoms with van der Waals surface area (Å²) in [6, 6.07) is 6.48. The number of aryl methyl sites for hydroxylation is 1. The second-order valence-corrected chi connectivity index (χ2v) is 5.05. The van der Waals surface area contributed by atoms with Crippen LogP contribution in [0.25, 0.3) is 0 Å². The molecule has 1 aromatic heterocycles. The molecule has 2 aromatic rings. The molecule has 0 amide bonds. The van der Waals surface area contributed by atoms with E-state index in [1.807, 2.05) is 17.6 Å². The largest absolute Gasteiger partial charge is 0.357 e. The summed E-state index contributed by atoms with van der Waals surface area (Å²) in [4.78, 5) is 4.47. The van der Waals surface area contributed by atoms with Crippen LogP contribution in [0.5, 0.6) is 0 Å². The molecular formula is C16H23FN6. The first-order valence-corrected chi connectivity index (χ1v) is 7.86. The van der Waals surface area contributed by atoms with Gasteiger partial charge in [0.05, 0.1) is 6.54 Å². The Morgan fingerprint density at radius 3 is 2.91 bits per heavy atom. The van der Waals surface area contributed by atoms with E-state index in [2.05, 4.69) is 32.7 Å². The minimum Gasteiger partial charge on any atom is -0.357 e. The highest BCUT2D eigenvalue weighted by atomic mass is 19.1. The molecule has 2 N–H and O–H groups in total. The van der Waals surface area contributed by atoms with Crippen molar-refractivity contribution in [1.82, 2.24) is 25.4 Å². The van der Waals surface area contributed by atoms with Crippen LogP contribution in [0.2, 0.25) is 0 Å². The SMILES string of the molecule is CCNC(=NCc1cccc(F)c1)NCCn1cnnc1CC. The molecule has 0 aliphatic heterocycles. The van der Waals surface area contributed by atoms with Gasteiger partial charge in [-0.25, -0.2) is 9.38 Å². The van der Waals surface area contributed by atoms with Crippen LogP contribution in [-0.4, -0.2) is 33.8 Å². The van der Waals surface area contributed by atoms with Gasteiger partial charge in [0, 0.05) is 26.1 Å². The number of nitrogens with one attached hydrogen (secondary N) is 2. The first kappa shape index (κ1) is 16.9. The van der Waals surface area contributed by atoms with Gasteiger partial charge in [0.2, 0.25) is 0 Å². The Morgan fingerprint density at radius 2 is 2.17 bits per heavy atom. The molecule has 0 aliphatic carbocycles. The monoisotopic (exact) mass is 318 g/mol. The summed E-state index contributed by atoms with van der Waals surface area (Å²) >= 11 is 0. The summed E-state index contributed by atoms with van der Waals surface area (Å²) in [6.45, 7) is 6.73.